The van der Waals surface area contributed by atoms with E-state index in [4.69, 9.17) is 0 Å². The average Bonchev–Trinajstić information content (AvgIpc) is 2.59. The predicted molar refractivity (Wildman–Crippen MR) is 46.5 cm³/mol. The molecule has 1 atom stereocenters. The minimum atomic E-state index is -0.408. The second kappa shape index (κ2) is 3.02. The van der Waals surface area contributed by atoms with Gasteiger partial charge in [0.25, 0.3) is 0 Å². The highest BCUT2D eigenvalue weighted by Gasteiger charge is 2.27. The number of hydrogen-bond acceptors (Lipinski definition) is 5. The molecule has 0 bridgehead atoms. The molecule has 0 radical (unpaired) electrons. The summed E-state index contributed by atoms with van der Waals surface area (Å²) in [5.41, 5.74) is 3.79. The first-order valence-corrected chi connectivity index (χ1v) is 3.86. The van der Waals surface area contributed by atoms with Crippen molar-refractivity contribution in [3.63, 3.8) is 0 Å². The van der Waals surface area contributed by atoms with Crippen molar-refractivity contribution < 1.29 is 9.53 Å². The Morgan fingerprint density at radius 3 is 3.31 bits per heavy atom. The number of aliphatic imine (C=N–C) groups is 1. The largest absolute Gasteiger partial charge is 0.468 e. The van der Waals surface area contributed by atoms with E-state index in [1.54, 1.807) is 29.7 Å². The Morgan fingerprint density at radius 2 is 2.62 bits per heavy atom. The van der Waals surface area contributed by atoms with Crippen LogP contribution in [0.4, 0.5) is 0 Å². The van der Waals surface area contributed by atoms with Crippen LogP contribution < -0.4 is 5.43 Å². The number of hydrazine groups is 1. The molecule has 0 saturated carbocycles. The van der Waals surface area contributed by atoms with E-state index in [0.29, 0.717) is 0 Å². The molecule has 1 N–H and O–H groups in total. The summed E-state index contributed by atoms with van der Waals surface area (Å²) in [5.74, 6) is -0.302. The van der Waals surface area contributed by atoms with E-state index in [2.05, 4.69) is 15.2 Å². The van der Waals surface area contributed by atoms with Gasteiger partial charge in [-0.15, -0.1) is 0 Å². The van der Waals surface area contributed by atoms with Crippen LogP contribution in [0.3, 0.4) is 0 Å². The Balaban J connectivity index is 2.15. The fraction of sp³-hybridized carbons (Fsp3) is 0.250. The van der Waals surface area contributed by atoms with Crippen molar-refractivity contribution in [3.05, 3.63) is 24.2 Å². The molecule has 0 spiro atoms. The van der Waals surface area contributed by atoms with E-state index in [-0.39, 0.29) is 5.97 Å². The lowest BCUT2D eigenvalue weighted by molar-refractivity contribution is -0.142. The van der Waals surface area contributed by atoms with Crippen LogP contribution in [-0.2, 0) is 9.53 Å². The molecule has 0 aromatic carbocycles. The van der Waals surface area contributed by atoms with Gasteiger partial charge in [-0.2, -0.15) is 0 Å². The molecule has 0 aromatic heterocycles. The Labute approximate surface area is 75.4 Å². The molecule has 0 saturated heterocycles. The SMILES string of the molecule is COC(=O)C1C=C2C=NC=CN2N1. The van der Waals surface area contributed by atoms with Crippen LogP contribution in [0.25, 0.3) is 0 Å². The highest BCUT2D eigenvalue weighted by Crippen LogP contribution is 2.14. The summed E-state index contributed by atoms with van der Waals surface area (Å²) in [4.78, 5) is 15.1. The minimum Gasteiger partial charge on any atom is -0.468 e. The van der Waals surface area contributed by atoms with E-state index in [1.807, 2.05) is 0 Å². The fourth-order valence-corrected chi connectivity index (χ4v) is 1.22. The van der Waals surface area contributed by atoms with Gasteiger partial charge in [0.05, 0.1) is 19.0 Å². The van der Waals surface area contributed by atoms with Gasteiger partial charge in [-0.1, -0.05) is 0 Å². The van der Waals surface area contributed by atoms with E-state index < -0.39 is 6.04 Å². The lowest BCUT2D eigenvalue weighted by atomic mass is 10.3. The molecule has 0 fully saturated rings. The second-order valence-corrected chi connectivity index (χ2v) is 2.67. The number of esters is 1. The van der Waals surface area contributed by atoms with Crippen molar-refractivity contribution in [1.29, 1.82) is 0 Å². The zero-order chi connectivity index (χ0) is 9.26. The second-order valence-electron chi connectivity index (χ2n) is 2.67. The molecule has 2 heterocycles. The number of allylic oxidation sites excluding steroid dienone is 1. The molecular formula is C8H9N3O2. The molecule has 13 heavy (non-hydrogen) atoms. The molecule has 2 rings (SSSR count). The maximum absolute atomic E-state index is 11.1. The van der Waals surface area contributed by atoms with Crippen LogP contribution in [0.5, 0.6) is 0 Å². The van der Waals surface area contributed by atoms with E-state index in [1.165, 1.54) is 7.11 Å². The van der Waals surface area contributed by atoms with E-state index >= 15 is 0 Å². The molecule has 0 aromatic rings. The Bertz CT molecular complexity index is 319. The highest BCUT2D eigenvalue weighted by molar-refractivity contribution is 5.85. The number of methoxy groups -OCH3 is 1. The summed E-state index contributed by atoms with van der Waals surface area (Å²) in [5, 5.41) is 1.73. The van der Waals surface area contributed by atoms with Gasteiger partial charge in [0.15, 0.2) is 0 Å². The fourth-order valence-electron chi connectivity index (χ4n) is 1.22. The van der Waals surface area contributed by atoms with Crippen LogP contribution in [-0.4, -0.2) is 30.3 Å². The molecular weight excluding hydrogens is 170 g/mol. The molecule has 2 aliphatic rings. The summed E-state index contributed by atoms with van der Waals surface area (Å²) < 4.78 is 4.60. The number of carbonyl (C=O) groups is 1. The lowest BCUT2D eigenvalue weighted by Crippen LogP contribution is -2.39. The summed E-state index contributed by atoms with van der Waals surface area (Å²) in [6, 6.07) is -0.408. The number of ether oxygens (including phenoxy) is 1. The van der Waals surface area contributed by atoms with Crippen LogP contribution in [0.15, 0.2) is 29.2 Å². The molecule has 0 aliphatic carbocycles. The zero-order valence-electron chi connectivity index (χ0n) is 7.10. The zero-order valence-corrected chi connectivity index (χ0v) is 7.10. The van der Waals surface area contributed by atoms with E-state index in [9.17, 15) is 4.79 Å². The first kappa shape index (κ1) is 8.00. The van der Waals surface area contributed by atoms with Crippen LogP contribution >= 0.6 is 0 Å². The Hall–Kier alpha value is -1.62. The van der Waals surface area contributed by atoms with Gasteiger partial charge in [-0.05, 0) is 6.08 Å². The van der Waals surface area contributed by atoms with Gasteiger partial charge in [0.2, 0.25) is 0 Å². The number of carbonyl (C=O) groups excluding carboxylic acids is 1. The first-order valence-electron chi connectivity index (χ1n) is 3.86. The summed E-state index contributed by atoms with van der Waals surface area (Å²) in [6.07, 6.45) is 6.83. The number of fused-ring (bicyclic) bond motifs is 1. The maximum atomic E-state index is 11.1. The summed E-state index contributed by atoms with van der Waals surface area (Å²) in [7, 11) is 1.36. The van der Waals surface area contributed by atoms with Crippen molar-refractivity contribution in [2.24, 2.45) is 4.99 Å². The number of rotatable bonds is 1. The Kier molecular flexibility index (Phi) is 1.86. The minimum absolute atomic E-state index is 0.302. The van der Waals surface area contributed by atoms with Crippen molar-refractivity contribution in [1.82, 2.24) is 10.4 Å². The lowest BCUT2D eigenvalue weighted by Gasteiger charge is -2.18. The topological polar surface area (TPSA) is 53.9 Å². The van der Waals surface area contributed by atoms with Gasteiger partial charge in [0.1, 0.15) is 6.04 Å². The third-order valence-electron chi connectivity index (χ3n) is 1.86. The number of nitrogens with zero attached hydrogens (tertiary/aromatic N) is 2. The smallest absolute Gasteiger partial charge is 0.328 e. The standard InChI is InChI=1S/C8H9N3O2/c1-13-8(12)7-4-6-5-9-2-3-11(6)10-7/h2-5,7,10H,1H3. The molecule has 5 nitrogen and oxygen atoms in total. The number of nitrogens with one attached hydrogen (secondary N) is 1. The third kappa shape index (κ3) is 1.33. The normalized spacial score (nSPS) is 24.2. The third-order valence-corrected chi connectivity index (χ3v) is 1.86. The van der Waals surface area contributed by atoms with E-state index in [0.717, 1.165) is 5.70 Å². The van der Waals surface area contributed by atoms with Crippen molar-refractivity contribution >= 4 is 12.2 Å². The Morgan fingerprint density at radius 1 is 1.77 bits per heavy atom. The van der Waals surface area contributed by atoms with Gasteiger partial charge in [0, 0.05) is 12.4 Å². The monoisotopic (exact) mass is 179 g/mol. The van der Waals surface area contributed by atoms with Crippen LogP contribution in [0.1, 0.15) is 0 Å². The van der Waals surface area contributed by atoms with Gasteiger partial charge in [-0.25, -0.2) is 10.2 Å². The molecule has 68 valence electrons. The summed E-state index contributed by atoms with van der Waals surface area (Å²) >= 11 is 0. The number of hydrogen-bond donors (Lipinski definition) is 1. The molecule has 5 heteroatoms. The quantitative estimate of drug-likeness (QED) is 0.566. The van der Waals surface area contributed by atoms with Crippen molar-refractivity contribution in [3.8, 4) is 0 Å². The van der Waals surface area contributed by atoms with Crippen LogP contribution in [0, 0.1) is 0 Å². The molecule has 0 amide bonds. The van der Waals surface area contributed by atoms with Crippen molar-refractivity contribution in [2.45, 2.75) is 6.04 Å². The van der Waals surface area contributed by atoms with Crippen LogP contribution in [0.2, 0.25) is 0 Å². The van der Waals surface area contributed by atoms with Gasteiger partial charge >= 0.3 is 5.97 Å². The maximum Gasteiger partial charge on any atom is 0.328 e. The van der Waals surface area contributed by atoms with Crippen molar-refractivity contribution in [2.75, 3.05) is 7.11 Å². The molecule has 1 unspecified atom stereocenters. The van der Waals surface area contributed by atoms with Gasteiger partial charge < -0.3 is 4.74 Å². The summed E-state index contributed by atoms with van der Waals surface area (Å²) in [6.45, 7) is 0. The first-order chi connectivity index (χ1) is 6.31. The highest BCUT2D eigenvalue weighted by atomic mass is 16.5. The average molecular weight is 179 g/mol. The molecule has 2 aliphatic heterocycles. The van der Waals surface area contributed by atoms with Gasteiger partial charge in [-0.3, -0.25) is 10.0 Å². The predicted octanol–water partition coefficient (Wildman–Crippen LogP) is -0.212.